The van der Waals surface area contributed by atoms with Gasteiger partial charge >= 0.3 is 0 Å². The van der Waals surface area contributed by atoms with Crippen LogP contribution in [0, 0.1) is 0 Å². The summed E-state index contributed by atoms with van der Waals surface area (Å²) in [5, 5.41) is 5.97. The molecule has 0 aliphatic carbocycles. The zero-order valence-corrected chi connectivity index (χ0v) is 21.7. The van der Waals surface area contributed by atoms with E-state index in [0.29, 0.717) is 28.4 Å². The third-order valence-electron chi connectivity index (χ3n) is 5.54. The minimum absolute atomic E-state index is 0.189. The van der Waals surface area contributed by atoms with Gasteiger partial charge in [-0.2, -0.15) is 0 Å². The fourth-order valence-electron chi connectivity index (χ4n) is 3.54. The number of nitrogens with one attached hydrogen (secondary N) is 2. The molecule has 194 valence electrons. The number of hydrogen-bond acceptors (Lipinski definition) is 9. The number of ether oxygens (including phenoxy) is 2. The molecule has 1 heterocycles. The highest BCUT2D eigenvalue weighted by Crippen LogP contribution is 2.38. The summed E-state index contributed by atoms with van der Waals surface area (Å²) in [5.74, 6) is 0.506. The van der Waals surface area contributed by atoms with E-state index < -0.39 is 0 Å². The van der Waals surface area contributed by atoms with Gasteiger partial charge in [-0.3, -0.25) is 9.59 Å². The van der Waals surface area contributed by atoms with Gasteiger partial charge in [0.25, 0.3) is 0 Å². The van der Waals surface area contributed by atoms with Crippen molar-refractivity contribution in [1.82, 2.24) is 14.9 Å². The molecule has 3 aromatic rings. The van der Waals surface area contributed by atoms with Crippen molar-refractivity contribution in [3.63, 3.8) is 0 Å². The number of anilines is 4. The maximum atomic E-state index is 13.1. The predicted octanol–water partition coefficient (Wildman–Crippen LogP) is 3.59. The first-order valence-electron chi connectivity index (χ1n) is 11.6. The Morgan fingerprint density at radius 3 is 2.41 bits per heavy atom. The molecule has 0 aliphatic rings. The van der Waals surface area contributed by atoms with Gasteiger partial charge in [0.2, 0.25) is 17.6 Å². The Balaban J connectivity index is 1.97. The Labute approximate surface area is 216 Å². The molecule has 37 heavy (non-hydrogen) atoms. The van der Waals surface area contributed by atoms with E-state index in [1.807, 2.05) is 32.1 Å². The molecular formula is C27H32N6O4. The Morgan fingerprint density at radius 1 is 1.00 bits per heavy atom. The molecule has 0 unspecified atom stereocenters. The van der Waals surface area contributed by atoms with Gasteiger partial charge < -0.3 is 29.9 Å². The molecule has 10 heteroatoms. The minimum Gasteiger partial charge on any atom is -0.496 e. The van der Waals surface area contributed by atoms with Crippen LogP contribution in [-0.4, -0.2) is 75.0 Å². The standard InChI is InChI=1S/C27H32N6O4/c1-7-25(34)29-20-16-21(24(37-6)17-22(20)33(4)15-14-32(2)3)31-27-28-13-12-19(30-27)26(35)18-10-8-9-11-23(18)36-5/h7-13,16-17H,1,14-15H2,2-6H3,(H,29,34)(H,28,30,31). The molecule has 0 aliphatic heterocycles. The van der Waals surface area contributed by atoms with Crippen molar-refractivity contribution in [3.05, 3.63) is 72.6 Å². The molecule has 1 aromatic heterocycles. The lowest BCUT2D eigenvalue weighted by atomic mass is 10.1. The Bertz CT molecular complexity index is 1280. The van der Waals surface area contributed by atoms with E-state index in [-0.39, 0.29) is 23.3 Å². The van der Waals surface area contributed by atoms with Crippen molar-refractivity contribution < 1.29 is 19.1 Å². The average molecular weight is 505 g/mol. The summed E-state index contributed by atoms with van der Waals surface area (Å²) in [6.45, 7) is 5.08. The summed E-state index contributed by atoms with van der Waals surface area (Å²) in [6.07, 6.45) is 2.70. The van der Waals surface area contributed by atoms with Crippen molar-refractivity contribution >= 4 is 34.7 Å². The first kappa shape index (κ1) is 27.2. The fraction of sp³-hybridized carbons (Fsp3) is 0.259. The highest BCUT2D eigenvalue weighted by Gasteiger charge is 2.19. The average Bonchev–Trinajstić information content (AvgIpc) is 2.91. The molecule has 0 spiro atoms. The van der Waals surface area contributed by atoms with Crippen molar-refractivity contribution in [1.29, 1.82) is 0 Å². The zero-order chi connectivity index (χ0) is 26.9. The van der Waals surface area contributed by atoms with Gasteiger partial charge in [-0.05, 0) is 44.4 Å². The van der Waals surface area contributed by atoms with Crippen molar-refractivity contribution in [2.45, 2.75) is 0 Å². The van der Waals surface area contributed by atoms with Crippen LogP contribution >= 0.6 is 0 Å². The van der Waals surface area contributed by atoms with Gasteiger partial charge in [0.15, 0.2) is 0 Å². The number of benzene rings is 2. The van der Waals surface area contributed by atoms with Gasteiger partial charge in [0.05, 0.1) is 36.8 Å². The van der Waals surface area contributed by atoms with E-state index >= 15 is 0 Å². The molecule has 2 aromatic carbocycles. The topological polar surface area (TPSA) is 109 Å². The number of hydrogen-bond donors (Lipinski definition) is 2. The van der Waals surface area contributed by atoms with E-state index in [1.54, 1.807) is 37.4 Å². The van der Waals surface area contributed by atoms with Crippen LogP contribution in [0.2, 0.25) is 0 Å². The number of carbonyl (C=O) groups excluding carboxylic acids is 2. The van der Waals surface area contributed by atoms with Crippen molar-refractivity contribution in [3.8, 4) is 11.5 Å². The monoisotopic (exact) mass is 504 g/mol. The molecule has 10 nitrogen and oxygen atoms in total. The first-order valence-corrected chi connectivity index (χ1v) is 11.6. The smallest absolute Gasteiger partial charge is 0.247 e. The molecule has 2 N–H and O–H groups in total. The number of rotatable bonds is 12. The molecule has 0 atom stereocenters. The minimum atomic E-state index is -0.348. The van der Waals surface area contributed by atoms with Crippen LogP contribution in [0.15, 0.2) is 61.3 Å². The van der Waals surface area contributed by atoms with Crippen LogP contribution in [-0.2, 0) is 4.79 Å². The lowest BCUT2D eigenvalue weighted by molar-refractivity contribution is -0.111. The summed E-state index contributed by atoms with van der Waals surface area (Å²) in [7, 11) is 8.98. The number of aromatic nitrogens is 2. The normalized spacial score (nSPS) is 10.5. The molecule has 0 fully saturated rings. The van der Waals surface area contributed by atoms with E-state index in [9.17, 15) is 9.59 Å². The van der Waals surface area contributed by atoms with E-state index in [0.717, 1.165) is 18.8 Å². The highest BCUT2D eigenvalue weighted by molar-refractivity contribution is 6.09. The van der Waals surface area contributed by atoms with Crippen LogP contribution in [0.5, 0.6) is 11.5 Å². The fourth-order valence-corrected chi connectivity index (χ4v) is 3.54. The SMILES string of the molecule is C=CC(=O)Nc1cc(Nc2nccc(C(=O)c3ccccc3OC)n2)c(OC)cc1N(C)CCN(C)C. The van der Waals surface area contributed by atoms with E-state index in [2.05, 4.69) is 32.1 Å². The Morgan fingerprint density at radius 2 is 1.73 bits per heavy atom. The Hall–Kier alpha value is -4.44. The third-order valence-corrected chi connectivity index (χ3v) is 5.54. The maximum Gasteiger partial charge on any atom is 0.247 e. The molecule has 3 rings (SSSR count). The van der Waals surface area contributed by atoms with Gasteiger partial charge in [0.1, 0.15) is 17.2 Å². The van der Waals surface area contributed by atoms with Gasteiger partial charge in [-0.25, -0.2) is 9.97 Å². The van der Waals surface area contributed by atoms with Crippen LogP contribution < -0.4 is 25.0 Å². The van der Waals surface area contributed by atoms with Crippen LogP contribution in [0.3, 0.4) is 0 Å². The largest absolute Gasteiger partial charge is 0.496 e. The van der Waals surface area contributed by atoms with Gasteiger partial charge in [0, 0.05) is 32.4 Å². The first-order chi connectivity index (χ1) is 17.8. The summed E-state index contributed by atoms with van der Waals surface area (Å²) in [4.78, 5) is 38.0. The molecule has 1 amide bonds. The molecular weight excluding hydrogens is 472 g/mol. The number of methoxy groups -OCH3 is 2. The highest BCUT2D eigenvalue weighted by atomic mass is 16.5. The number of amides is 1. The number of ketones is 1. The van der Waals surface area contributed by atoms with E-state index in [4.69, 9.17) is 9.47 Å². The molecule has 0 radical (unpaired) electrons. The number of para-hydroxylation sites is 1. The van der Waals surface area contributed by atoms with Crippen molar-refractivity contribution in [2.75, 3.05) is 64.0 Å². The van der Waals surface area contributed by atoms with Crippen LogP contribution in [0.4, 0.5) is 23.0 Å². The quantitative estimate of drug-likeness (QED) is 0.282. The lowest BCUT2D eigenvalue weighted by Gasteiger charge is -2.26. The van der Waals surface area contributed by atoms with Gasteiger partial charge in [-0.1, -0.05) is 18.7 Å². The summed E-state index contributed by atoms with van der Waals surface area (Å²) in [5.41, 5.74) is 2.41. The second-order valence-electron chi connectivity index (χ2n) is 8.41. The Kier molecular flexibility index (Phi) is 9.17. The molecule has 0 saturated heterocycles. The number of likely N-dealkylation sites (N-methyl/N-ethyl adjacent to an activating group) is 2. The summed E-state index contributed by atoms with van der Waals surface area (Å²) in [6, 6.07) is 12.0. The van der Waals surface area contributed by atoms with Gasteiger partial charge in [-0.15, -0.1) is 0 Å². The summed E-state index contributed by atoms with van der Waals surface area (Å²) < 4.78 is 10.9. The number of nitrogens with zero attached hydrogens (tertiary/aromatic N) is 4. The lowest BCUT2D eigenvalue weighted by Crippen LogP contribution is -2.29. The maximum absolute atomic E-state index is 13.1. The third kappa shape index (κ3) is 6.83. The number of carbonyl (C=O) groups is 2. The van der Waals surface area contributed by atoms with Crippen LogP contribution in [0.1, 0.15) is 16.1 Å². The zero-order valence-electron chi connectivity index (χ0n) is 21.7. The van der Waals surface area contributed by atoms with Crippen LogP contribution in [0.25, 0.3) is 0 Å². The van der Waals surface area contributed by atoms with E-state index in [1.165, 1.54) is 25.4 Å². The summed E-state index contributed by atoms with van der Waals surface area (Å²) >= 11 is 0. The molecule has 0 saturated carbocycles. The molecule has 0 bridgehead atoms. The second kappa shape index (κ2) is 12.5. The predicted molar refractivity (Wildman–Crippen MR) is 145 cm³/mol. The second-order valence-corrected chi connectivity index (χ2v) is 8.41. The van der Waals surface area contributed by atoms with Crippen molar-refractivity contribution in [2.24, 2.45) is 0 Å².